The Balaban J connectivity index is 3.39. The van der Waals surface area contributed by atoms with E-state index in [-0.39, 0.29) is 17.8 Å². The highest BCUT2D eigenvalue weighted by Crippen LogP contribution is 2.33. The fraction of sp³-hybridized carbons (Fsp3) is 0.667. The normalized spacial score (nSPS) is 12.3. The van der Waals surface area contributed by atoms with Crippen molar-refractivity contribution in [2.24, 2.45) is 0 Å². The van der Waals surface area contributed by atoms with Crippen LogP contribution in [-0.4, -0.2) is 21.7 Å². The first kappa shape index (κ1) is 15.5. The molecule has 0 spiro atoms. The number of hydrogen-bond donors (Lipinski definition) is 1. The molecule has 1 aromatic rings. The van der Waals surface area contributed by atoms with Crippen molar-refractivity contribution in [1.29, 1.82) is 0 Å². The van der Waals surface area contributed by atoms with Crippen LogP contribution in [0.2, 0.25) is 0 Å². The summed E-state index contributed by atoms with van der Waals surface area (Å²) in [6.45, 7) is 8.27. The maximum atomic E-state index is 12.9. The molecule has 1 aromatic heterocycles. The predicted octanol–water partition coefficient (Wildman–Crippen LogP) is 2.93. The van der Waals surface area contributed by atoms with Crippen molar-refractivity contribution >= 4 is 5.91 Å². The third-order valence-corrected chi connectivity index (χ3v) is 2.55. The summed E-state index contributed by atoms with van der Waals surface area (Å²) >= 11 is 0. The number of nitrogens with zero attached hydrogens (tertiary/aromatic N) is 2. The van der Waals surface area contributed by atoms with E-state index in [2.05, 4.69) is 10.4 Å². The molecule has 108 valence electrons. The molecule has 0 radical (unpaired) electrons. The Morgan fingerprint density at radius 3 is 2.16 bits per heavy atom. The maximum Gasteiger partial charge on any atom is 0.435 e. The van der Waals surface area contributed by atoms with Crippen LogP contribution in [0.1, 0.15) is 55.5 Å². The average molecular weight is 277 g/mol. The number of carbonyl (C=O) groups is 1. The standard InChI is InChI=1S/C12H18F3N3O/c1-6(2)16-11(19)9-8(5)18(7(3)4)17-10(9)12(13,14)15/h6-7H,1-5H3,(H,16,19). The summed E-state index contributed by atoms with van der Waals surface area (Å²) in [5, 5.41) is 6.01. The molecule has 0 unspecified atom stereocenters. The lowest BCUT2D eigenvalue weighted by molar-refractivity contribution is -0.141. The van der Waals surface area contributed by atoms with Gasteiger partial charge < -0.3 is 5.32 Å². The van der Waals surface area contributed by atoms with Crippen LogP contribution in [0.3, 0.4) is 0 Å². The molecule has 0 aliphatic heterocycles. The Hall–Kier alpha value is -1.53. The van der Waals surface area contributed by atoms with Crippen molar-refractivity contribution in [3.05, 3.63) is 17.0 Å². The molecule has 0 fully saturated rings. The summed E-state index contributed by atoms with van der Waals surface area (Å²) in [5.74, 6) is -0.744. The van der Waals surface area contributed by atoms with Gasteiger partial charge in [0.25, 0.3) is 5.91 Å². The summed E-state index contributed by atoms with van der Waals surface area (Å²) in [6.07, 6.45) is -4.64. The van der Waals surface area contributed by atoms with Gasteiger partial charge in [-0.3, -0.25) is 9.48 Å². The molecular weight excluding hydrogens is 259 g/mol. The number of aromatic nitrogens is 2. The zero-order valence-electron chi connectivity index (χ0n) is 11.6. The van der Waals surface area contributed by atoms with E-state index in [9.17, 15) is 18.0 Å². The number of carbonyl (C=O) groups excluding carboxylic acids is 1. The molecule has 0 saturated carbocycles. The maximum absolute atomic E-state index is 12.9. The molecule has 1 N–H and O–H groups in total. The molecular formula is C12H18F3N3O. The Morgan fingerprint density at radius 2 is 1.79 bits per heavy atom. The van der Waals surface area contributed by atoms with Gasteiger partial charge in [-0.25, -0.2) is 0 Å². The van der Waals surface area contributed by atoms with Gasteiger partial charge in [0.2, 0.25) is 0 Å². The number of halogens is 3. The van der Waals surface area contributed by atoms with Crippen LogP contribution >= 0.6 is 0 Å². The van der Waals surface area contributed by atoms with Crippen molar-refractivity contribution in [1.82, 2.24) is 15.1 Å². The van der Waals surface area contributed by atoms with E-state index in [4.69, 9.17) is 0 Å². The first-order valence-electron chi connectivity index (χ1n) is 6.02. The molecule has 1 heterocycles. The average Bonchev–Trinajstić information content (AvgIpc) is 2.54. The van der Waals surface area contributed by atoms with E-state index in [1.807, 2.05) is 0 Å². The molecule has 0 bridgehead atoms. The third kappa shape index (κ3) is 3.27. The van der Waals surface area contributed by atoms with Gasteiger partial charge in [0.15, 0.2) is 5.69 Å². The lowest BCUT2D eigenvalue weighted by atomic mass is 10.1. The number of alkyl halides is 3. The van der Waals surface area contributed by atoms with Gasteiger partial charge in [-0.05, 0) is 34.6 Å². The molecule has 1 amide bonds. The van der Waals surface area contributed by atoms with E-state index in [1.54, 1.807) is 27.7 Å². The van der Waals surface area contributed by atoms with E-state index < -0.39 is 23.3 Å². The summed E-state index contributed by atoms with van der Waals surface area (Å²) < 4.78 is 40.1. The van der Waals surface area contributed by atoms with Crippen LogP contribution in [0.4, 0.5) is 13.2 Å². The van der Waals surface area contributed by atoms with E-state index >= 15 is 0 Å². The van der Waals surface area contributed by atoms with Gasteiger partial charge in [-0.15, -0.1) is 0 Å². The van der Waals surface area contributed by atoms with Gasteiger partial charge in [-0.2, -0.15) is 18.3 Å². The quantitative estimate of drug-likeness (QED) is 0.923. The molecule has 0 aliphatic rings. The Kier molecular flexibility index (Phi) is 4.27. The molecule has 0 aromatic carbocycles. The first-order chi connectivity index (χ1) is 8.55. The molecule has 0 aliphatic carbocycles. The Bertz CT molecular complexity index is 475. The second-order valence-electron chi connectivity index (χ2n) is 4.97. The van der Waals surface area contributed by atoms with E-state index in [0.29, 0.717) is 0 Å². The Morgan fingerprint density at radius 1 is 1.26 bits per heavy atom. The van der Waals surface area contributed by atoms with Gasteiger partial charge in [0.05, 0.1) is 5.56 Å². The molecule has 1 rings (SSSR count). The third-order valence-electron chi connectivity index (χ3n) is 2.55. The van der Waals surface area contributed by atoms with Crippen LogP contribution in [0.15, 0.2) is 0 Å². The molecule has 0 saturated heterocycles. The van der Waals surface area contributed by atoms with Crippen molar-refractivity contribution in [3.8, 4) is 0 Å². The van der Waals surface area contributed by atoms with Crippen molar-refractivity contribution < 1.29 is 18.0 Å². The van der Waals surface area contributed by atoms with E-state index in [1.165, 1.54) is 11.6 Å². The number of amides is 1. The molecule has 0 atom stereocenters. The second-order valence-corrected chi connectivity index (χ2v) is 4.97. The summed E-state index contributed by atoms with van der Waals surface area (Å²) in [6, 6.07) is -0.489. The number of rotatable bonds is 3. The van der Waals surface area contributed by atoms with Crippen LogP contribution < -0.4 is 5.32 Å². The van der Waals surface area contributed by atoms with E-state index in [0.717, 1.165) is 0 Å². The van der Waals surface area contributed by atoms with Crippen LogP contribution in [0.5, 0.6) is 0 Å². The van der Waals surface area contributed by atoms with Crippen LogP contribution in [0.25, 0.3) is 0 Å². The van der Waals surface area contributed by atoms with Crippen molar-refractivity contribution in [3.63, 3.8) is 0 Å². The number of hydrogen-bond acceptors (Lipinski definition) is 2. The SMILES string of the molecule is Cc1c(C(=O)NC(C)C)c(C(F)(F)F)nn1C(C)C. The van der Waals surface area contributed by atoms with Crippen LogP contribution in [0, 0.1) is 6.92 Å². The minimum atomic E-state index is -4.64. The van der Waals surface area contributed by atoms with Gasteiger partial charge in [0, 0.05) is 17.8 Å². The summed E-state index contributed by atoms with van der Waals surface area (Å²) in [5.41, 5.74) is -1.30. The van der Waals surface area contributed by atoms with Crippen LogP contribution in [-0.2, 0) is 6.18 Å². The lowest BCUT2D eigenvalue weighted by Crippen LogP contribution is -2.32. The zero-order chi connectivity index (χ0) is 15.0. The van der Waals surface area contributed by atoms with Gasteiger partial charge in [-0.1, -0.05) is 0 Å². The zero-order valence-corrected chi connectivity index (χ0v) is 11.6. The molecule has 4 nitrogen and oxygen atoms in total. The highest BCUT2D eigenvalue weighted by Gasteiger charge is 2.41. The summed E-state index contributed by atoms with van der Waals surface area (Å²) in [7, 11) is 0. The summed E-state index contributed by atoms with van der Waals surface area (Å²) in [4.78, 5) is 11.9. The minimum absolute atomic E-state index is 0.223. The van der Waals surface area contributed by atoms with Crippen molar-refractivity contribution in [2.75, 3.05) is 0 Å². The fourth-order valence-corrected chi connectivity index (χ4v) is 1.83. The first-order valence-corrected chi connectivity index (χ1v) is 6.02. The highest BCUT2D eigenvalue weighted by molar-refractivity contribution is 5.96. The largest absolute Gasteiger partial charge is 0.435 e. The monoisotopic (exact) mass is 277 g/mol. The van der Waals surface area contributed by atoms with Crippen molar-refractivity contribution in [2.45, 2.75) is 52.9 Å². The smallest absolute Gasteiger partial charge is 0.350 e. The predicted molar refractivity (Wildman–Crippen MR) is 65.0 cm³/mol. The van der Waals surface area contributed by atoms with Gasteiger partial charge in [0.1, 0.15) is 0 Å². The highest BCUT2D eigenvalue weighted by atomic mass is 19.4. The fourth-order valence-electron chi connectivity index (χ4n) is 1.83. The molecule has 7 heteroatoms. The Labute approximate surface area is 110 Å². The number of nitrogens with one attached hydrogen (secondary N) is 1. The lowest BCUT2D eigenvalue weighted by Gasteiger charge is -2.11. The minimum Gasteiger partial charge on any atom is -0.350 e. The molecule has 19 heavy (non-hydrogen) atoms. The second kappa shape index (κ2) is 5.22. The van der Waals surface area contributed by atoms with Gasteiger partial charge >= 0.3 is 6.18 Å². The topological polar surface area (TPSA) is 46.9 Å².